The molecule has 0 spiro atoms. The maximum atomic E-state index is 5.28. The highest BCUT2D eigenvalue weighted by atomic mass is 16.3. The van der Waals surface area contributed by atoms with Crippen LogP contribution >= 0.6 is 0 Å². The van der Waals surface area contributed by atoms with Gasteiger partial charge in [0.05, 0.1) is 12.5 Å². The highest BCUT2D eigenvalue weighted by molar-refractivity contribution is 5.10. The maximum Gasteiger partial charge on any atom is 0.0934 e. The van der Waals surface area contributed by atoms with Crippen molar-refractivity contribution >= 4 is 0 Å². The minimum absolute atomic E-state index is 0.413. The standard InChI is InChI=1S/C19H33NO/c1-15(2)20-14-19(12-16-8-11-21-13-16)9-6-17(7-10-19)18(3,4)5/h8,11,13,15,17,20H,6-7,9-10,12,14H2,1-5H3. The minimum atomic E-state index is 0.413. The van der Waals surface area contributed by atoms with Gasteiger partial charge in [-0.25, -0.2) is 0 Å². The van der Waals surface area contributed by atoms with E-state index < -0.39 is 0 Å². The molecule has 1 heterocycles. The molecule has 1 N–H and O–H groups in total. The lowest BCUT2D eigenvalue weighted by atomic mass is 9.62. The van der Waals surface area contributed by atoms with Gasteiger partial charge in [-0.05, 0) is 60.5 Å². The molecule has 0 unspecified atom stereocenters. The smallest absolute Gasteiger partial charge is 0.0934 e. The molecule has 1 saturated carbocycles. The van der Waals surface area contributed by atoms with E-state index in [0.29, 0.717) is 16.9 Å². The average molecular weight is 291 g/mol. The fourth-order valence-corrected chi connectivity index (χ4v) is 3.76. The van der Waals surface area contributed by atoms with Crippen LogP contribution in [0.15, 0.2) is 23.0 Å². The van der Waals surface area contributed by atoms with E-state index in [2.05, 4.69) is 46.0 Å². The molecule has 1 fully saturated rings. The Kier molecular flexibility index (Phi) is 5.19. The molecule has 1 aliphatic carbocycles. The molecule has 2 nitrogen and oxygen atoms in total. The van der Waals surface area contributed by atoms with E-state index in [0.717, 1.165) is 18.9 Å². The van der Waals surface area contributed by atoms with Crippen LogP contribution < -0.4 is 5.32 Å². The minimum Gasteiger partial charge on any atom is -0.472 e. The molecule has 1 aliphatic rings. The first-order chi connectivity index (χ1) is 9.81. The van der Waals surface area contributed by atoms with E-state index >= 15 is 0 Å². The monoisotopic (exact) mass is 291 g/mol. The van der Waals surface area contributed by atoms with Crippen molar-refractivity contribution in [3.8, 4) is 0 Å². The molecule has 0 radical (unpaired) electrons. The van der Waals surface area contributed by atoms with Gasteiger partial charge in [0, 0.05) is 12.6 Å². The predicted molar refractivity (Wildman–Crippen MR) is 89.4 cm³/mol. The van der Waals surface area contributed by atoms with Gasteiger partial charge >= 0.3 is 0 Å². The van der Waals surface area contributed by atoms with Crippen LogP contribution in [0.2, 0.25) is 0 Å². The Hall–Kier alpha value is -0.760. The largest absolute Gasteiger partial charge is 0.472 e. The summed E-state index contributed by atoms with van der Waals surface area (Å²) in [7, 11) is 0. The SMILES string of the molecule is CC(C)NCC1(Cc2ccoc2)CCC(C(C)(C)C)CC1. The molecular weight excluding hydrogens is 258 g/mol. The van der Waals surface area contributed by atoms with E-state index in [-0.39, 0.29) is 0 Å². The third-order valence-corrected chi connectivity index (χ3v) is 5.32. The fourth-order valence-electron chi connectivity index (χ4n) is 3.76. The van der Waals surface area contributed by atoms with Crippen LogP contribution in [-0.4, -0.2) is 12.6 Å². The Bertz CT molecular complexity index is 405. The van der Waals surface area contributed by atoms with Gasteiger partial charge in [0.1, 0.15) is 0 Å². The molecule has 21 heavy (non-hydrogen) atoms. The first kappa shape index (κ1) is 16.6. The molecule has 1 aromatic rings. The number of rotatable bonds is 5. The first-order valence-electron chi connectivity index (χ1n) is 8.55. The third-order valence-electron chi connectivity index (χ3n) is 5.32. The Morgan fingerprint density at radius 3 is 2.43 bits per heavy atom. The fraction of sp³-hybridized carbons (Fsp3) is 0.789. The van der Waals surface area contributed by atoms with Crippen molar-refractivity contribution in [3.63, 3.8) is 0 Å². The van der Waals surface area contributed by atoms with Crippen molar-refractivity contribution in [2.24, 2.45) is 16.7 Å². The Morgan fingerprint density at radius 2 is 1.95 bits per heavy atom. The second kappa shape index (κ2) is 6.56. The Morgan fingerprint density at radius 1 is 1.29 bits per heavy atom. The van der Waals surface area contributed by atoms with Crippen LogP contribution in [0.3, 0.4) is 0 Å². The summed E-state index contributed by atoms with van der Waals surface area (Å²) in [5.41, 5.74) is 2.22. The number of hydrogen-bond acceptors (Lipinski definition) is 2. The zero-order valence-electron chi connectivity index (χ0n) is 14.5. The summed E-state index contributed by atoms with van der Waals surface area (Å²) in [4.78, 5) is 0. The Balaban J connectivity index is 2.04. The molecular formula is C19H33NO. The van der Waals surface area contributed by atoms with Crippen LogP contribution in [-0.2, 0) is 6.42 Å². The summed E-state index contributed by atoms with van der Waals surface area (Å²) in [6, 6.07) is 2.69. The lowest BCUT2D eigenvalue weighted by Crippen LogP contribution is -2.43. The van der Waals surface area contributed by atoms with Crippen molar-refractivity contribution in [3.05, 3.63) is 24.2 Å². The van der Waals surface area contributed by atoms with E-state index in [1.165, 1.54) is 31.2 Å². The molecule has 1 aromatic heterocycles. The second-order valence-corrected chi connectivity index (χ2v) is 8.48. The Labute approximate surface area is 130 Å². The van der Waals surface area contributed by atoms with Gasteiger partial charge in [0.25, 0.3) is 0 Å². The zero-order valence-corrected chi connectivity index (χ0v) is 14.5. The molecule has 0 amide bonds. The molecule has 0 aliphatic heterocycles. The van der Waals surface area contributed by atoms with Crippen LogP contribution in [0.25, 0.3) is 0 Å². The van der Waals surface area contributed by atoms with E-state index in [1.54, 1.807) is 6.26 Å². The molecule has 0 saturated heterocycles. The quantitative estimate of drug-likeness (QED) is 0.822. The lowest BCUT2D eigenvalue weighted by molar-refractivity contribution is 0.0846. The average Bonchev–Trinajstić information content (AvgIpc) is 2.89. The first-order valence-corrected chi connectivity index (χ1v) is 8.55. The van der Waals surface area contributed by atoms with E-state index in [1.807, 2.05) is 6.26 Å². The summed E-state index contributed by atoms with van der Waals surface area (Å²) in [6.45, 7) is 12.8. The summed E-state index contributed by atoms with van der Waals surface area (Å²) >= 11 is 0. The topological polar surface area (TPSA) is 25.2 Å². The molecule has 0 atom stereocenters. The summed E-state index contributed by atoms with van der Waals surface area (Å²) in [5, 5.41) is 3.69. The summed E-state index contributed by atoms with van der Waals surface area (Å²) < 4.78 is 5.28. The van der Waals surface area contributed by atoms with Gasteiger partial charge in [0.15, 0.2) is 0 Å². The van der Waals surface area contributed by atoms with Crippen molar-refractivity contribution in [2.75, 3.05) is 6.54 Å². The van der Waals surface area contributed by atoms with Crippen molar-refractivity contribution in [1.82, 2.24) is 5.32 Å². The van der Waals surface area contributed by atoms with Gasteiger partial charge in [-0.1, -0.05) is 34.6 Å². The summed E-state index contributed by atoms with van der Waals surface area (Å²) in [5.74, 6) is 0.869. The van der Waals surface area contributed by atoms with E-state index in [4.69, 9.17) is 4.42 Å². The number of furan rings is 1. The molecule has 120 valence electrons. The van der Waals surface area contributed by atoms with Crippen molar-refractivity contribution in [1.29, 1.82) is 0 Å². The molecule has 2 heteroatoms. The van der Waals surface area contributed by atoms with E-state index in [9.17, 15) is 0 Å². The summed E-state index contributed by atoms with van der Waals surface area (Å²) in [6.07, 6.45) is 10.3. The molecule has 0 bridgehead atoms. The lowest BCUT2D eigenvalue weighted by Gasteiger charge is -2.44. The highest BCUT2D eigenvalue weighted by Gasteiger charge is 2.38. The molecule has 2 rings (SSSR count). The zero-order chi connectivity index (χ0) is 15.5. The van der Waals surface area contributed by atoms with Crippen molar-refractivity contribution in [2.45, 2.75) is 72.8 Å². The van der Waals surface area contributed by atoms with Gasteiger partial charge in [0.2, 0.25) is 0 Å². The van der Waals surface area contributed by atoms with Gasteiger partial charge in [-0.2, -0.15) is 0 Å². The van der Waals surface area contributed by atoms with Gasteiger partial charge < -0.3 is 9.73 Å². The molecule has 0 aromatic carbocycles. The predicted octanol–water partition coefficient (Wildman–Crippen LogP) is 5.04. The normalized spacial score (nSPS) is 27.2. The van der Waals surface area contributed by atoms with Crippen LogP contribution in [0.4, 0.5) is 0 Å². The van der Waals surface area contributed by atoms with Crippen LogP contribution in [0.1, 0.15) is 65.9 Å². The highest BCUT2D eigenvalue weighted by Crippen LogP contribution is 2.46. The van der Waals surface area contributed by atoms with Crippen LogP contribution in [0.5, 0.6) is 0 Å². The van der Waals surface area contributed by atoms with Gasteiger partial charge in [-0.3, -0.25) is 0 Å². The second-order valence-electron chi connectivity index (χ2n) is 8.48. The maximum absolute atomic E-state index is 5.28. The van der Waals surface area contributed by atoms with Crippen LogP contribution in [0, 0.1) is 16.7 Å². The van der Waals surface area contributed by atoms with Gasteiger partial charge in [-0.15, -0.1) is 0 Å². The third kappa shape index (κ3) is 4.60. The number of hydrogen-bond donors (Lipinski definition) is 1. The number of nitrogens with one attached hydrogen (secondary N) is 1. The van der Waals surface area contributed by atoms with Crippen molar-refractivity contribution < 1.29 is 4.42 Å².